The zero-order valence-electron chi connectivity index (χ0n) is 7.00. The Balaban J connectivity index is 1.93. The Morgan fingerprint density at radius 1 is 1.00 bits per heavy atom. The molecule has 1 aliphatic heterocycles. The van der Waals surface area contributed by atoms with Crippen molar-refractivity contribution in [2.45, 2.75) is 32.1 Å². The summed E-state index contributed by atoms with van der Waals surface area (Å²) in [5.74, 6) is 1.75. The summed E-state index contributed by atoms with van der Waals surface area (Å²) in [5, 5.41) is 10.8. The van der Waals surface area contributed by atoms with E-state index < -0.39 is 0 Å². The van der Waals surface area contributed by atoms with Gasteiger partial charge in [-0.05, 0) is 24.7 Å². The minimum atomic E-state index is 0.808. The number of fused-ring (bicyclic) bond motifs is 1. The summed E-state index contributed by atoms with van der Waals surface area (Å²) in [6.07, 6.45) is 6.79. The minimum absolute atomic E-state index is 0.808. The highest BCUT2D eigenvalue weighted by molar-refractivity contribution is 4.80. The third kappa shape index (κ3) is 1.57. The molecule has 2 rings (SSSR count). The molecule has 11 heavy (non-hydrogen) atoms. The quantitative estimate of drug-likeness (QED) is 0.577. The fraction of sp³-hybridized carbons (Fsp3) is 1.00. The van der Waals surface area contributed by atoms with Crippen LogP contribution in [0.25, 0.3) is 0 Å². The lowest BCUT2D eigenvalue weighted by atomic mass is 9.75. The monoisotopic (exact) mass is 155 g/mol. The lowest BCUT2D eigenvalue weighted by Crippen LogP contribution is -2.39. The molecule has 0 amide bonds. The molecular weight excluding hydrogens is 138 g/mol. The molecule has 1 saturated heterocycles. The van der Waals surface area contributed by atoms with Crippen molar-refractivity contribution in [2.24, 2.45) is 11.8 Å². The first-order valence-corrected chi connectivity index (χ1v) is 4.80. The van der Waals surface area contributed by atoms with E-state index in [1.165, 1.54) is 37.2 Å². The van der Waals surface area contributed by atoms with Gasteiger partial charge < -0.3 is 5.21 Å². The minimum Gasteiger partial charge on any atom is -0.314 e. The van der Waals surface area contributed by atoms with Gasteiger partial charge in [0.15, 0.2) is 0 Å². The van der Waals surface area contributed by atoms with Crippen molar-refractivity contribution in [1.82, 2.24) is 5.06 Å². The van der Waals surface area contributed by atoms with Crippen molar-refractivity contribution < 1.29 is 5.21 Å². The standard InChI is InChI=1S/C9H17NO/c11-10-6-5-8-3-1-2-4-9(8)7-10/h8-9,11H,1-7H2/t8-,9-/m1/s1. The molecular formula is C9H17NO. The molecule has 1 N–H and O–H groups in total. The average molecular weight is 155 g/mol. The van der Waals surface area contributed by atoms with Crippen LogP contribution in [0.5, 0.6) is 0 Å². The molecule has 0 aromatic rings. The number of hydrogen-bond acceptors (Lipinski definition) is 2. The van der Waals surface area contributed by atoms with Crippen molar-refractivity contribution in [3.05, 3.63) is 0 Å². The lowest BCUT2D eigenvalue weighted by molar-refractivity contribution is -0.134. The molecule has 2 heteroatoms. The third-order valence-electron chi connectivity index (χ3n) is 3.27. The molecule has 0 spiro atoms. The molecule has 0 radical (unpaired) electrons. The van der Waals surface area contributed by atoms with Gasteiger partial charge in [0.05, 0.1) is 0 Å². The van der Waals surface area contributed by atoms with Crippen molar-refractivity contribution in [3.63, 3.8) is 0 Å². The van der Waals surface area contributed by atoms with Crippen LogP contribution in [0.15, 0.2) is 0 Å². The summed E-state index contributed by atoms with van der Waals surface area (Å²) in [6.45, 7) is 1.84. The number of hydrogen-bond donors (Lipinski definition) is 1. The van der Waals surface area contributed by atoms with Crippen LogP contribution in [-0.4, -0.2) is 23.4 Å². The van der Waals surface area contributed by atoms with E-state index in [1.54, 1.807) is 0 Å². The van der Waals surface area contributed by atoms with E-state index in [4.69, 9.17) is 0 Å². The topological polar surface area (TPSA) is 23.5 Å². The van der Waals surface area contributed by atoms with Gasteiger partial charge in [-0.1, -0.05) is 19.3 Å². The maximum absolute atomic E-state index is 9.28. The van der Waals surface area contributed by atoms with E-state index in [2.05, 4.69) is 0 Å². The maximum Gasteiger partial charge on any atom is 0.0269 e. The van der Waals surface area contributed by atoms with Crippen LogP contribution in [-0.2, 0) is 0 Å². The van der Waals surface area contributed by atoms with Crippen LogP contribution in [0.4, 0.5) is 0 Å². The smallest absolute Gasteiger partial charge is 0.0269 e. The van der Waals surface area contributed by atoms with Crippen LogP contribution in [0.1, 0.15) is 32.1 Å². The van der Waals surface area contributed by atoms with Crippen molar-refractivity contribution in [1.29, 1.82) is 0 Å². The highest BCUT2D eigenvalue weighted by Crippen LogP contribution is 2.35. The fourth-order valence-electron chi connectivity index (χ4n) is 2.58. The van der Waals surface area contributed by atoms with Crippen LogP contribution >= 0.6 is 0 Å². The Morgan fingerprint density at radius 3 is 2.55 bits per heavy atom. The van der Waals surface area contributed by atoms with E-state index in [-0.39, 0.29) is 0 Å². The number of nitrogens with zero attached hydrogens (tertiary/aromatic N) is 1. The summed E-state index contributed by atoms with van der Waals surface area (Å²) in [6, 6.07) is 0. The summed E-state index contributed by atoms with van der Waals surface area (Å²) in [7, 11) is 0. The first-order valence-electron chi connectivity index (χ1n) is 4.80. The molecule has 0 bridgehead atoms. The van der Waals surface area contributed by atoms with Crippen LogP contribution in [0.2, 0.25) is 0 Å². The normalized spacial score (nSPS) is 40.1. The second-order valence-electron chi connectivity index (χ2n) is 4.01. The predicted molar refractivity (Wildman–Crippen MR) is 43.4 cm³/mol. The highest BCUT2D eigenvalue weighted by Gasteiger charge is 2.30. The zero-order chi connectivity index (χ0) is 7.68. The molecule has 2 aliphatic rings. The van der Waals surface area contributed by atoms with Gasteiger partial charge in [-0.3, -0.25) is 0 Å². The second-order valence-corrected chi connectivity index (χ2v) is 4.01. The van der Waals surface area contributed by atoms with Crippen LogP contribution < -0.4 is 0 Å². The fourth-order valence-corrected chi connectivity index (χ4v) is 2.58. The molecule has 1 heterocycles. The lowest BCUT2D eigenvalue weighted by Gasteiger charge is -2.38. The van der Waals surface area contributed by atoms with Crippen molar-refractivity contribution >= 4 is 0 Å². The van der Waals surface area contributed by atoms with E-state index >= 15 is 0 Å². The molecule has 1 saturated carbocycles. The summed E-state index contributed by atoms with van der Waals surface area (Å²) < 4.78 is 0. The van der Waals surface area contributed by atoms with E-state index in [0.717, 1.165) is 24.9 Å². The second kappa shape index (κ2) is 3.11. The van der Waals surface area contributed by atoms with Gasteiger partial charge >= 0.3 is 0 Å². The first-order chi connectivity index (χ1) is 5.36. The molecule has 2 nitrogen and oxygen atoms in total. The predicted octanol–water partition coefficient (Wildman–Crippen LogP) is 1.89. The Morgan fingerprint density at radius 2 is 1.73 bits per heavy atom. The van der Waals surface area contributed by atoms with Gasteiger partial charge in [0.2, 0.25) is 0 Å². The maximum atomic E-state index is 9.28. The van der Waals surface area contributed by atoms with Gasteiger partial charge in [0, 0.05) is 13.1 Å². The molecule has 2 atom stereocenters. The van der Waals surface area contributed by atoms with E-state index in [0.29, 0.717) is 0 Å². The van der Waals surface area contributed by atoms with E-state index in [9.17, 15) is 5.21 Å². The summed E-state index contributed by atoms with van der Waals surface area (Å²) in [4.78, 5) is 0. The van der Waals surface area contributed by atoms with Crippen molar-refractivity contribution in [2.75, 3.05) is 13.1 Å². The van der Waals surface area contributed by atoms with Gasteiger partial charge in [-0.2, -0.15) is 5.06 Å². The van der Waals surface area contributed by atoms with Crippen LogP contribution in [0.3, 0.4) is 0 Å². The summed E-state index contributed by atoms with van der Waals surface area (Å²) >= 11 is 0. The Bertz CT molecular complexity index is 138. The third-order valence-corrected chi connectivity index (χ3v) is 3.27. The van der Waals surface area contributed by atoms with Gasteiger partial charge in [-0.15, -0.1) is 0 Å². The first kappa shape index (κ1) is 7.56. The Kier molecular flexibility index (Phi) is 2.14. The van der Waals surface area contributed by atoms with Gasteiger partial charge in [0.25, 0.3) is 0 Å². The molecule has 2 fully saturated rings. The molecule has 64 valence electrons. The molecule has 0 unspecified atom stereocenters. The number of piperidine rings is 1. The average Bonchev–Trinajstić information content (AvgIpc) is 2.04. The van der Waals surface area contributed by atoms with Gasteiger partial charge in [-0.25, -0.2) is 0 Å². The zero-order valence-corrected chi connectivity index (χ0v) is 7.00. The van der Waals surface area contributed by atoms with Crippen molar-refractivity contribution in [3.8, 4) is 0 Å². The highest BCUT2D eigenvalue weighted by atomic mass is 16.5. The van der Waals surface area contributed by atoms with Gasteiger partial charge in [0.1, 0.15) is 0 Å². The molecule has 0 aromatic heterocycles. The molecule has 0 aromatic carbocycles. The SMILES string of the molecule is ON1CC[C@H]2CCCC[C@@H]2C1. The number of hydroxylamine groups is 2. The Hall–Kier alpha value is -0.0800. The number of rotatable bonds is 0. The largest absolute Gasteiger partial charge is 0.314 e. The molecule has 1 aliphatic carbocycles. The van der Waals surface area contributed by atoms with Crippen LogP contribution in [0, 0.1) is 11.8 Å². The van der Waals surface area contributed by atoms with E-state index in [1.807, 2.05) is 0 Å². The summed E-state index contributed by atoms with van der Waals surface area (Å²) in [5.41, 5.74) is 0. The Labute approximate surface area is 68.2 Å².